The van der Waals surface area contributed by atoms with Gasteiger partial charge in [-0.15, -0.1) is 11.3 Å². The molecule has 0 radical (unpaired) electrons. The Morgan fingerprint density at radius 2 is 2.04 bits per heavy atom. The molecule has 6 heteroatoms. The van der Waals surface area contributed by atoms with Crippen molar-refractivity contribution < 1.29 is 9.90 Å². The van der Waals surface area contributed by atoms with Crippen LogP contribution in [-0.2, 0) is 4.79 Å². The van der Waals surface area contributed by atoms with Gasteiger partial charge < -0.3 is 15.0 Å². The summed E-state index contributed by atoms with van der Waals surface area (Å²) in [5.74, 6) is -0.0635. The first-order valence-corrected chi connectivity index (χ1v) is 9.19. The zero-order valence-electron chi connectivity index (χ0n) is 12.5. The number of aliphatic hydroxyl groups excluding tert-OH is 1. The Balaban J connectivity index is 1.60. The number of carbonyl (C=O) groups excluding carboxylic acids is 1. The largest absolute Gasteiger partial charge is 0.387 e. The zero-order chi connectivity index (χ0) is 16.1. The predicted octanol–water partition coefficient (Wildman–Crippen LogP) is 3.44. The third-order valence-electron chi connectivity index (χ3n) is 3.66. The topological polar surface area (TPSA) is 54.3 Å². The highest BCUT2D eigenvalue weighted by Crippen LogP contribution is 2.26. The summed E-state index contributed by atoms with van der Waals surface area (Å²) in [4.78, 5) is 13.4. The first kappa shape index (κ1) is 16.0. The number of hydrogen-bond donors (Lipinski definition) is 2. The van der Waals surface area contributed by atoms with E-state index in [0.717, 1.165) is 10.4 Å². The Hall–Kier alpha value is -1.89. The Labute approximate surface area is 143 Å². The number of nitrogens with one attached hydrogen (secondary N) is 1. The van der Waals surface area contributed by atoms with Crippen LogP contribution < -0.4 is 5.32 Å². The van der Waals surface area contributed by atoms with Crippen molar-refractivity contribution in [2.45, 2.75) is 18.6 Å². The van der Waals surface area contributed by atoms with Crippen molar-refractivity contribution in [3.8, 4) is 0 Å². The molecule has 120 valence electrons. The molecule has 0 fully saturated rings. The summed E-state index contributed by atoms with van der Waals surface area (Å²) in [6.45, 7) is 0.235. The third kappa shape index (κ3) is 4.10. The molecular formula is C17H18N2O2S2. The number of aliphatic hydroxyl groups is 1. The van der Waals surface area contributed by atoms with E-state index in [0.29, 0.717) is 6.42 Å². The van der Waals surface area contributed by atoms with Crippen LogP contribution in [0.4, 0.5) is 0 Å². The van der Waals surface area contributed by atoms with Crippen molar-refractivity contribution in [1.82, 2.24) is 9.88 Å². The van der Waals surface area contributed by atoms with Crippen molar-refractivity contribution in [1.29, 1.82) is 0 Å². The molecule has 0 saturated heterocycles. The number of thiophene rings is 2. The number of carbonyl (C=O) groups is 1. The van der Waals surface area contributed by atoms with E-state index in [1.54, 1.807) is 11.3 Å². The van der Waals surface area contributed by atoms with Gasteiger partial charge in [0.25, 0.3) is 0 Å². The summed E-state index contributed by atoms with van der Waals surface area (Å²) in [6.07, 6.45) is 3.64. The molecule has 0 unspecified atom stereocenters. The zero-order valence-corrected chi connectivity index (χ0v) is 14.1. The highest BCUT2D eigenvalue weighted by atomic mass is 32.1. The van der Waals surface area contributed by atoms with Gasteiger partial charge in [-0.1, -0.05) is 6.07 Å². The van der Waals surface area contributed by atoms with E-state index in [1.807, 2.05) is 63.4 Å². The number of nitrogens with zero attached hydrogens (tertiary/aromatic N) is 1. The van der Waals surface area contributed by atoms with Crippen LogP contribution in [-0.4, -0.2) is 22.1 Å². The van der Waals surface area contributed by atoms with Crippen molar-refractivity contribution in [2.75, 3.05) is 6.54 Å². The predicted molar refractivity (Wildman–Crippen MR) is 93.8 cm³/mol. The molecule has 4 nitrogen and oxygen atoms in total. The van der Waals surface area contributed by atoms with Gasteiger partial charge in [0.2, 0.25) is 5.91 Å². The van der Waals surface area contributed by atoms with Crippen molar-refractivity contribution in [3.63, 3.8) is 0 Å². The van der Waals surface area contributed by atoms with Crippen LogP contribution in [0, 0.1) is 0 Å². The van der Waals surface area contributed by atoms with E-state index in [1.165, 1.54) is 11.3 Å². The monoisotopic (exact) mass is 346 g/mol. The van der Waals surface area contributed by atoms with E-state index < -0.39 is 6.10 Å². The van der Waals surface area contributed by atoms with Gasteiger partial charge in [-0.3, -0.25) is 4.79 Å². The maximum Gasteiger partial charge on any atom is 0.222 e. The summed E-state index contributed by atoms with van der Waals surface area (Å²) in [5, 5.41) is 18.7. The molecular weight excluding hydrogens is 328 g/mol. The standard InChI is InChI=1S/C17H18N2O2S2/c20-15(13-5-9-22-12-13)11-18-17(21)10-14(16-4-3-8-23-16)19-6-1-2-7-19/h1-9,12,14-15,20H,10-11H2,(H,18,21)/t14-,15+/m0/s1. The van der Waals surface area contributed by atoms with Gasteiger partial charge in [-0.2, -0.15) is 11.3 Å². The summed E-state index contributed by atoms with van der Waals surface area (Å²) in [7, 11) is 0. The fraction of sp³-hybridized carbons (Fsp3) is 0.235. The number of rotatable bonds is 7. The van der Waals surface area contributed by atoms with Gasteiger partial charge in [0.05, 0.1) is 18.6 Å². The van der Waals surface area contributed by atoms with Gasteiger partial charge in [-0.05, 0) is 46.0 Å². The lowest BCUT2D eigenvalue weighted by molar-refractivity contribution is -0.122. The molecule has 3 aromatic heterocycles. The van der Waals surface area contributed by atoms with E-state index in [2.05, 4.69) is 5.32 Å². The van der Waals surface area contributed by atoms with Crippen LogP contribution in [0.15, 0.2) is 58.9 Å². The molecule has 3 rings (SSSR count). The smallest absolute Gasteiger partial charge is 0.222 e. The van der Waals surface area contributed by atoms with Crippen molar-refractivity contribution in [2.24, 2.45) is 0 Å². The average Bonchev–Trinajstić information content (AvgIpc) is 3.33. The van der Waals surface area contributed by atoms with E-state index in [9.17, 15) is 9.90 Å². The highest BCUT2D eigenvalue weighted by Gasteiger charge is 2.19. The maximum absolute atomic E-state index is 12.3. The Morgan fingerprint density at radius 1 is 1.22 bits per heavy atom. The van der Waals surface area contributed by atoms with E-state index in [4.69, 9.17) is 0 Å². The Morgan fingerprint density at radius 3 is 2.70 bits per heavy atom. The first-order valence-electron chi connectivity index (χ1n) is 7.37. The fourth-order valence-corrected chi connectivity index (χ4v) is 3.97. The molecule has 2 atom stereocenters. The molecule has 3 heterocycles. The SMILES string of the molecule is O=C(C[C@@H](c1cccs1)n1cccc1)NC[C@@H](O)c1ccsc1. The number of hydrogen-bond acceptors (Lipinski definition) is 4. The normalized spacial score (nSPS) is 13.6. The summed E-state index contributed by atoms with van der Waals surface area (Å²) in [5.41, 5.74) is 0.843. The maximum atomic E-state index is 12.3. The second kappa shape index (κ2) is 7.59. The Kier molecular flexibility index (Phi) is 5.27. The van der Waals surface area contributed by atoms with Crippen LogP contribution in [0.25, 0.3) is 0 Å². The van der Waals surface area contributed by atoms with E-state index in [-0.39, 0.29) is 18.5 Å². The minimum atomic E-state index is -0.656. The quantitative estimate of drug-likeness (QED) is 0.688. The summed E-state index contributed by atoms with van der Waals surface area (Å²) >= 11 is 3.18. The molecule has 23 heavy (non-hydrogen) atoms. The molecule has 0 bridgehead atoms. The van der Waals surface area contributed by atoms with Crippen LogP contribution in [0.2, 0.25) is 0 Å². The minimum Gasteiger partial charge on any atom is -0.387 e. The minimum absolute atomic E-state index is 0.0108. The van der Waals surface area contributed by atoms with Crippen LogP contribution in [0.5, 0.6) is 0 Å². The molecule has 2 N–H and O–H groups in total. The van der Waals surface area contributed by atoms with Crippen LogP contribution >= 0.6 is 22.7 Å². The molecule has 0 saturated carbocycles. The average molecular weight is 346 g/mol. The Bertz CT molecular complexity index is 672. The molecule has 0 aliphatic rings. The van der Waals surface area contributed by atoms with Crippen LogP contribution in [0.1, 0.15) is 29.0 Å². The summed E-state index contributed by atoms with van der Waals surface area (Å²) < 4.78 is 2.04. The fourth-order valence-electron chi connectivity index (χ4n) is 2.43. The second-order valence-electron chi connectivity index (χ2n) is 5.24. The van der Waals surface area contributed by atoms with Crippen LogP contribution in [0.3, 0.4) is 0 Å². The van der Waals surface area contributed by atoms with E-state index >= 15 is 0 Å². The molecule has 0 aromatic carbocycles. The second-order valence-corrected chi connectivity index (χ2v) is 7.00. The lowest BCUT2D eigenvalue weighted by Gasteiger charge is -2.18. The number of aromatic nitrogens is 1. The molecule has 0 spiro atoms. The number of amides is 1. The van der Waals surface area contributed by atoms with Gasteiger partial charge in [0.1, 0.15) is 0 Å². The van der Waals surface area contributed by atoms with Crippen molar-refractivity contribution >= 4 is 28.6 Å². The van der Waals surface area contributed by atoms with Gasteiger partial charge in [0, 0.05) is 23.8 Å². The van der Waals surface area contributed by atoms with Gasteiger partial charge in [0.15, 0.2) is 0 Å². The highest BCUT2D eigenvalue weighted by molar-refractivity contribution is 7.10. The molecule has 1 amide bonds. The van der Waals surface area contributed by atoms with Gasteiger partial charge in [-0.25, -0.2) is 0 Å². The lowest BCUT2D eigenvalue weighted by Crippen LogP contribution is -2.30. The van der Waals surface area contributed by atoms with Gasteiger partial charge >= 0.3 is 0 Å². The molecule has 0 aliphatic heterocycles. The van der Waals surface area contributed by atoms with Crippen molar-refractivity contribution in [3.05, 3.63) is 69.3 Å². The molecule has 0 aliphatic carbocycles. The molecule has 3 aromatic rings. The lowest BCUT2D eigenvalue weighted by atomic mass is 10.1. The first-order chi connectivity index (χ1) is 11.2. The third-order valence-corrected chi connectivity index (χ3v) is 5.33. The summed E-state index contributed by atoms with van der Waals surface area (Å²) in [6, 6.07) is 9.81.